The lowest BCUT2D eigenvalue weighted by Gasteiger charge is -2.28. The van der Waals surface area contributed by atoms with Gasteiger partial charge < -0.3 is 4.90 Å². The van der Waals surface area contributed by atoms with Crippen molar-refractivity contribution in [2.24, 2.45) is 7.05 Å². The Labute approximate surface area is 187 Å². The van der Waals surface area contributed by atoms with Gasteiger partial charge in [-0.3, -0.25) is 9.48 Å². The summed E-state index contributed by atoms with van der Waals surface area (Å²) in [6.07, 6.45) is 0.504. The number of rotatable bonds is 5. The molecular formula is C23H25FN4O3S. The van der Waals surface area contributed by atoms with Gasteiger partial charge in [0.05, 0.1) is 17.1 Å². The van der Waals surface area contributed by atoms with E-state index in [-0.39, 0.29) is 29.5 Å². The third-order valence-corrected chi connectivity index (χ3v) is 7.65. The normalized spacial score (nSPS) is 14.2. The molecule has 0 saturated carbocycles. The molecule has 0 spiro atoms. The van der Waals surface area contributed by atoms with E-state index in [0.29, 0.717) is 18.7 Å². The smallest absolute Gasteiger partial charge is 0.243 e. The summed E-state index contributed by atoms with van der Waals surface area (Å²) in [6.45, 7) is 3.74. The van der Waals surface area contributed by atoms with Gasteiger partial charge in [0.15, 0.2) is 0 Å². The molecule has 168 valence electrons. The molecule has 2 aromatic carbocycles. The fraction of sp³-hybridized carbons (Fsp3) is 0.304. The fourth-order valence-electron chi connectivity index (χ4n) is 4.05. The van der Waals surface area contributed by atoms with Crippen LogP contribution in [0, 0.1) is 12.7 Å². The first-order chi connectivity index (χ1) is 15.2. The summed E-state index contributed by atoms with van der Waals surface area (Å²) in [6, 6.07) is 13.1. The van der Waals surface area contributed by atoms with Crippen molar-refractivity contribution in [1.82, 2.24) is 14.1 Å². The first-order valence-corrected chi connectivity index (χ1v) is 11.8. The molecule has 0 aliphatic carbocycles. The van der Waals surface area contributed by atoms with Gasteiger partial charge in [-0.15, -0.1) is 0 Å². The van der Waals surface area contributed by atoms with Crippen LogP contribution in [0.1, 0.15) is 29.4 Å². The maximum atomic E-state index is 13.7. The van der Waals surface area contributed by atoms with Crippen LogP contribution in [-0.4, -0.2) is 35.0 Å². The van der Waals surface area contributed by atoms with Gasteiger partial charge in [-0.1, -0.05) is 18.2 Å². The number of halogens is 1. The fourth-order valence-corrected chi connectivity index (χ4v) is 5.54. The van der Waals surface area contributed by atoms with Gasteiger partial charge in [-0.05, 0) is 42.8 Å². The molecule has 4 rings (SSSR count). The van der Waals surface area contributed by atoms with Gasteiger partial charge in [0, 0.05) is 50.4 Å². The molecule has 1 aliphatic rings. The number of fused-ring (bicyclic) bond motifs is 1. The predicted octanol–water partition coefficient (Wildman–Crippen LogP) is 3.17. The van der Waals surface area contributed by atoms with Gasteiger partial charge in [0.2, 0.25) is 15.9 Å². The van der Waals surface area contributed by atoms with E-state index in [1.54, 1.807) is 16.5 Å². The predicted molar refractivity (Wildman–Crippen MR) is 119 cm³/mol. The molecule has 1 amide bonds. The summed E-state index contributed by atoms with van der Waals surface area (Å²) >= 11 is 0. The summed E-state index contributed by atoms with van der Waals surface area (Å²) in [4.78, 5) is 14.0. The molecule has 0 N–H and O–H groups in total. The average Bonchev–Trinajstić information content (AvgIpc) is 3.09. The van der Waals surface area contributed by atoms with Gasteiger partial charge in [0.25, 0.3) is 0 Å². The van der Waals surface area contributed by atoms with E-state index in [1.807, 2.05) is 37.4 Å². The highest BCUT2D eigenvalue weighted by molar-refractivity contribution is 7.89. The Hall–Kier alpha value is -3.04. The molecule has 0 bridgehead atoms. The minimum Gasteiger partial charge on any atom is -0.307 e. The average molecular weight is 457 g/mol. The lowest BCUT2D eigenvalue weighted by molar-refractivity contribution is -0.116. The number of amides is 1. The number of nitrogens with zero attached hydrogens (tertiary/aromatic N) is 4. The zero-order chi connectivity index (χ0) is 23.0. The zero-order valence-corrected chi connectivity index (χ0v) is 19.1. The van der Waals surface area contributed by atoms with Gasteiger partial charge in [-0.2, -0.15) is 9.40 Å². The molecule has 9 heteroatoms. The minimum absolute atomic E-state index is 0.0694. The van der Waals surface area contributed by atoms with Crippen molar-refractivity contribution < 1.29 is 17.6 Å². The Morgan fingerprint density at radius 2 is 1.91 bits per heavy atom. The van der Waals surface area contributed by atoms with Gasteiger partial charge in [-0.25, -0.2) is 12.8 Å². The number of para-hydroxylation sites is 1. The second-order valence-electron chi connectivity index (χ2n) is 7.94. The summed E-state index contributed by atoms with van der Waals surface area (Å²) < 4.78 is 43.3. The van der Waals surface area contributed by atoms with Gasteiger partial charge in [0.1, 0.15) is 5.82 Å². The summed E-state index contributed by atoms with van der Waals surface area (Å²) in [5, 5.41) is 4.61. The summed E-state index contributed by atoms with van der Waals surface area (Å²) in [5.74, 6) is -0.567. The number of carbonyl (C=O) groups is 1. The number of hydrogen-bond acceptors (Lipinski definition) is 4. The van der Waals surface area contributed by atoms with E-state index < -0.39 is 15.8 Å². The molecule has 0 atom stereocenters. The Balaban J connectivity index is 1.66. The van der Waals surface area contributed by atoms with Crippen LogP contribution < -0.4 is 4.90 Å². The van der Waals surface area contributed by atoms with Crippen molar-refractivity contribution in [2.75, 3.05) is 11.4 Å². The van der Waals surface area contributed by atoms with Crippen LogP contribution in [0.25, 0.3) is 0 Å². The Morgan fingerprint density at radius 3 is 2.56 bits per heavy atom. The summed E-state index contributed by atoms with van der Waals surface area (Å²) in [7, 11) is -1.97. The van der Waals surface area contributed by atoms with Crippen molar-refractivity contribution >= 4 is 21.6 Å². The maximum Gasteiger partial charge on any atom is 0.243 e. The Bertz CT molecular complexity index is 1270. The molecule has 0 radical (unpaired) electrons. The SMILES string of the molecule is CC(=O)N(Cc1nn(C)c2c1CN(S(=O)(=O)c1ccc(F)c(C)c1)CC2)c1ccccc1. The number of sulfonamides is 1. The van der Waals surface area contributed by atoms with Crippen molar-refractivity contribution in [3.63, 3.8) is 0 Å². The van der Waals surface area contributed by atoms with Crippen LogP contribution in [-0.2, 0) is 41.4 Å². The maximum absolute atomic E-state index is 13.7. The Morgan fingerprint density at radius 1 is 1.19 bits per heavy atom. The van der Waals surface area contributed by atoms with E-state index >= 15 is 0 Å². The van der Waals surface area contributed by atoms with Crippen molar-refractivity contribution in [3.8, 4) is 0 Å². The van der Waals surface area contributed by atoms with Crippen LogP contribution >= 0.6 is 0 Å². The van der Waals surface area contributed by atoms with Crippen molar-refractivity contribution in [3.05, 3.63) is 76.9 Å². The number of anilines is 1. The first kappa shape index (κ1) is 22.2. The number of hydrogen-bond donors (Lipinski definition) is 0. The number of aromatic nitrogens is 2. The lowest BCUT2D eigenvalue weighted by Crippen LogP contribution is -2.37. The molecular weight excluding hydrogens is 431 g/mol. The zero-order valence-electron chi connectivity index (χ0n) is 18.2. The monoisotopic (exact) mass is 456 g/mol. The molecule has 1 aromatic heterocycles. The first-order valence-electron chi connectivity index (χ1n) is 10.3. The molecule has 0 saturated heterocycles. The molecule has 1 aliphatic heterocycles. The molecule has 2 heterocycles. The number of carbonyl (C=O) groups excluding carboxylic acids is 1. The second-order valence-corrected chi connectivity index (χ2v) is 9.87. The Kier molecular flexibility index (Phi) is 5.87. The topological polar surface area (TPSA) is 75.5 Å². The highest BCUT2D eigenvalue weighted by Gasteiger charge is 2.32. The van der Waals surface area contributed by atoms with Crippen molar-refractivity contribution in [1.29, 1.82) is 0 Å². The van der Waals surface area contributed by atoms with E-state index in [9.17, 15) is 17.6 Å². The molecule has 32 heavy (non-hydrogen) atoms. The largest absolute Gasteiger partial charge is 0.307 e. The van der Waals surface area contributed by atoms with Crippen LogP contribution in [0.3, 0.4) is 0 Å². The lowest BCUT2D eigenvalue weighted by atomic mass is 10.1. The third kappa shape index (κ3) is 4.05. The molecule has 3 aromatic rings. The van der Waals surface area contributed by atoms with E-state index in [0.717, 1.165) is 16.9 Å². The quantitative estimate of drug-likeness (QED) is 0.591. The molecule has 0 fully saturated rings. The molecule has 7 nitrogen and oxygen atoms in total. The molecule has 0 unspecified atom stereocenters. The van der Waals surface area contributed by atoms with Gasteiger partial charge >= 0.3 is 0 Å². The van der Waals surface area contributed by atoms with E-state index in [4.69, 9.17) is 0 Å². The van der Waals surface area contributed by atoms with Crippen LogP contribution in [0.4, 0.5) is 10.1 Å². The van der Waals surface area contributed by atoms with Crippen molar-refractivity contribution in [2.45, 2.75) is 38.3 Å². The second kappa shape index (κ2) is 8.48. The van der Waals surface area contributed by atoms with Crippen LogP contribution in [0.2, 0.25) is 0 Å². The summed E-state index contributed by atoms with van der Waals surface area (Å²) in [5.41, 5.74) is 3.46. The highest BCUT2D eigenvalue weighted by atomic mass is 32.2. The number of aryl methyl sites for hydroxylation is 2. The van der Waals surface area contributed by atoms with Crippen LogP contribution in [0.5, 0.6) is 0 Å². The minimum atomic E-state index is -3.80. The number of benzene rings is 2. The standard InChI is InChI=1S/C23H25FN4O3S/c1-16-13-19(9-10-21(16)24)32(30,31)27-12-11-23-20(14-27)22(25-26(23)3)15-28(17(2)29)18-7-5-4-6-8-18/h4-10,13H,11-12,14-15H2,1-3H3. The third-order valence-electron chi connectivity index (χ3n) is 5.81. The highest BCUT2D eigenvalue weighted by Crippen LogP contribution is 2.29. The van der Waals surface area contributed by atoms with E-state index in [2.05, 4.69) is 5.10 Å². The van der Waals surface area contributed by atoms with E-state index in [1.165, 1.54) is 29.4 Å². The van der Waals surface area contributed by atoms with Crippen LogP contribution in [0.15, 0.2) is 53.4 Å².